The summed E-state index contributed by atoms with van der Waals surface area (Å²) in [6.45, 7) is 5.04. The summed E-state index contributed by atoms with van der Waals surface area (Å²) in [5, 5.41) is 0. The maximum atomic E-state index is 11.5. The molecule has 0 aliphatic rings. The van der Waals surface area contributed by atoms with E-state index in [1.165, 1.54) is 0 Å². The van der Waals surface area contributed by atoms with Crippen LogP contribution in [0.25, 0.3) is 0 Å². The van der Waals surface area contributed by atoms with Crippen LogP contribution in [0.3, 0.4) is 0 Å². The highest BCUT2D eigenvalue weighted by Crippen LogP contribution is 2.27. The molecule has 1 aromatic rings. The lowest BCUT2D eigenvalue weighted by Crippen LogP contribution is -2.61. The van der Waals surface area contributed by atoms with E-state index in [1.807, 2.05) is 32.0 Å². The first-order valence-corrected chi connectivity index (χ1v) is 7.45. The molecule has 0 radical (unpaired) electrons. The summed E-state index contributed by atoms with van der Waals surface area (Å²) in [6.07, 6.45) is 1.16. The number of nitrogens with zero attached hydrogens (tertiary/aromatic N) is 1. The van der Waals surface area contributed by atoms with Crippen molar-refractivity contribution in [3.8, 4) is 0 Å². The Bertz CT molecular complexity index is 481. The van der Waals surface area contributed by atoms with Gasteiger partial charge in [-0.1, -0.05) is 17.0 Å². The van der Waals surface area contributed by atoms with Gasteiger partial charge in [0.2, 0.25) is 0 Å². The van der Waals surface area contributed by atoms with Crippen LogP contribution in [0.1, 0.15) is 13.8 Å². The predicted octanol–water partition coefficient (Wildman–Crippen LogP) is 1.08. The molecule has 0 spiro atoms. The molecule has 1 rings (SSSR count). The van der Waals surface area contributed by atoms with Crippen LogP contribution in [-0.2, 0) is 10.0 Å². The lowest BCUT2D eigenvalue weighted by Gasteiger charge is -2.34. The van der Waals surface area contributed by atoms with Crippen molar-refractivity contribution >= 4 is 21.4 Å². The SMILES string of the molecule is CC[N+](CC)(NS(C)(=O)=O)c1ccccc1N. The maximum absolute atomic E-state index is 11.5. The van der Waals surface area contributed by atoms with Gasteiger partial charge in [0, 0.05) is 6.07 Å². The largest absolute Gasteiger partial charge is 0.394 e. The van der Waals surface area contributed by atoms with E-state index >= 15 is 0 Å². The second-order valence-electron chi connectivity index (χ2n) is 4.02. The first kappa shape index (κ1) is 14.0. The summed E-state index contributed by atoms with van der Waals surface area (Å²) in [6, 6.07) is 7.31. The number of quaternary nitrogens is 1. The minimum absolute atomic E-state index is 0.130. The van der Waals surface area contributed by atoms with Gasteiger partial charge in [-0.2, -0.15) is 4.59 Å². The van der Waals surface area contributed by atoms with Crippen molar-refractivity contribution < 1.29 is 8.42 Å². The zero-order chi connectivity index (χ0) is 13.1. The van der Waals surface area contributed by atoms with Gasteiger partial charge in [0.15, 0.2) is 5.69 Å². The summed E-state index contributed by atoms with van der Waals surface area (Å²) in [5.74, 6) is 0. The number of sulfonamides is 1. The first-order valence-electron chi connectivity index (χ1n) is 5.56. The average molecular weight is 258 g/mol. The molecular weight excluding hydrogens is 238 g/mol. The lowest BCUT2D eigenvalue weighted by atomic mass is 10.2. The van der Waals surface area contributed by atoms with Crippen LogP contribution in [0, 0.1) is 0 Å². The van der Waals surface area contributed by atoms with Crippen LogP contribution in [0.5, 0.6) is 0 Å². The third kappa shape index (κ3) is 3.18. The fourth-order valence-electron chi connectivity index (χ4n) is 1.94. The molecule has 0 fully saturated rings. The zero-order valence-corrected chi connectivity index (χ0v) is 11.3. The van der Waals surface area contributed by atoms with Crippen LogP contribution in [-0.4, -0.2) is 27.8 Å². The Labute approximate surface area is 103 Å². The van der Waals surface area contributed by atoms with Crippen molar-refractivity contribution in [2.75, 3.05) is 25.1 Å². The van der Waals surface area contributed by atoms with E-state index in [2.05, 4.69) is 4.83 Å². The second-order valence-corrected chi connectivity index (χ2v) is 5.75. The summed E-state index contributed by atoms with van der Waals surface area (Å²) >= 11 is 0. The number of nitrogen functional groups attached to an aromatic ring is 1. The Balaban J connectivity index is 3.30. The maximum Gasteiger partial charge on any atom is 0.250 e. The molecule has 0 unspecified atom stereocenters. The third-order valence-corrected chi connectivity index (χ3v) is 3.50. The van der Waals surface area contributed by atoms with E-state index in [4.69, 9.17) is 5.73 Å². The van der Waals surface area contributed by atoms with Gasteiger partial charge in [0.25, 0.3) is 10.0 Å². The molecule has 5 nitrogen and oxygen atoms in total. The van der Waals surface area contributed by atoms with Gasteiger partial charge >= 0.3 is 0 Å². The zero-order valence-electron chi connectivity index (χ0n) is 10.5. The van der Waals surface area contributed by atoms with Gasteiger partial charge in [0.1, 0.15) is 0 Å². The molecule has 0 saturated carbocycles. The monoisotopic (exact) mass is 258 g/mol. The van der Waals surface area contributed by atoms with Gasteiger partial charge in [0.05, 0.1) is 25.0 Å². The molecule has 0 aliphatic carbocycles. The molecule has 3 N–H and O–H groups in total. The van der Waals surface area contributed by atoms with Crippen LogP contribution < -0.4 is 15.2 Å². The standard InChI is InChI=1S/C11H20N3O2S/c1-4-14(5-2,13-17(3,15)16)11-9-7-6-8-10(11)12/h6-9,13H,4-5,12H2,1-3H3/q+1. The number of nitrogens with two attached hydrogens (primary N) is 1. The highest BCUT2D eigenvalue weighted by Gasteiger charge is 2.32. The number of para-hydroxylation sites is 2. The van der Waals surface area contributed by atoms with Crippen molar-refractivity contribution in [2.45, 2.75) is 13.8 Å². The van der Waals surface area contributed by atoms with E-state index < -0.39 is 10.0 Å². The number of anilines is 1. The molecule has 0 amide bonds. The van der Waals surface area contributed by atoms with Crippen LogP contribution in [0.2, 0.25) is 0 Å². The normalized spacial score (nSPS) is 12.6. The fraction of sp³-hybridized carbons (Fsp3) is 0.455. The quantitative estimate of drug-likeness (QED) is 0.471. The Morgan fingerprint density at radius 2 is 1.76 bits per heavy atom. The molecule has 0 saturated heterocycles. The predicted molar refractivity (Wildman–Crippen MR) is 71.7 cm³/mol. The summed E-state index contributed by atoms with van der Waals surface area (Å²) in [7, 11) is -3.30. The number of benzene rings is 1. The van der Waals surface area contributed by atoms with E-state index in [9.17, 15) is 8.42 Å². The number of rotatable bonds is 5. The number of hydrogen-bond donors (Lipinski definition) is 2. The summed E-state index contributed by atoms with van der Waals surface area (Å²) in [4.78, 5) is 2.66. The molecule has 96 valence electrons. The van der Waals surface area contributed by atoms with E-state index in [-0.39, 0.29) is 4.59 Å². The Hall–Kier alpha value is -1.11. The van der Waals surface area contributed by atoms with Gasteiger partial charge in [-0.15, -0.1) is 0 Å². The fourth-order valence-corrected chi connectivity index (χ4v) is 2.93. The highest BCUT2D eigenvalue weighted by molar-refractivity contribution is 7.88. The summed E-state index contributed by atoms with van der Waals surface area (Å²) < 4.78 is 23.1. The van der Waals surface area contributed by atoms with Crippen molar-refractivity contribution in [1.82, 2.24) is 9.42 Å². The highest BCUT2D eigenvalue weighted by atomic mass is 32.2. The van der Waals surface area contributed by atoms with Crippen LogP contribution >= 0.6 is 0 Å². The molecule has 0 bridgehead atoms. The molecule has 17 heavy (non-hydrogen) atoms. The van der Waals surface area contributed by atoms with E-state index in [0.717, 1.165) is 11.9 Å². The molecule has 0 aromatic heterocycles. The molecule has 6 heteroatoms. The minimum atomic E-state index is -3.30. The van der Waals surface area contributed by atoms with Crippen molar-refractivity contribution in [1.29, 1.82) is 0 Å². The Morgan fingerprint density at radius 1 is 1.24 bits per heavy atom. The first-order chi connectivity index (χ1) is 7.84. The van der Waals surface area contributed by atoms with Gasteiger partial charge in [-0.3, -0.25) is 0 Å². The Kier molecular flexibility index (Phi) is 4.13. The number of hydrogen-bond acceptors (Lipinski definition) is 3. The molecule has 1 aromatic carbocycles. The molecule has 0 aliphatic heterocycles. The molecule has 0 atom stereocenters. The van der Waals surface area contributed by atoms with Crippen LogP contribution in [0.15, 0.2) is 24.3 Å². The molecule has 0 heterocycles. The second kappa shape index (κ2) is 5.03. The van der Waals surface area contributed by atoms with Gasteiger partial charge in [-0.25, -0.2) is 8.42 Å². The number of nitrogens with one attached hydrogen (secondary N) is 1. The lowest BCUT2D eigenvalue weighted by molar-refractivity contribution is 0.267. The van der Waals surface area contributed by atoms with Gasteiger partial charge < -0.3 is 5.73 Å². The summed E-state index contributed by atoms with van der Waals surface area (Å²) in [5.41, 5.74) is 7.30. The van der Waals surface area contributed by atoms with Crippen molar-refractivity contribution in [3.05, 3.63) is 24.3 Å². The van der Waals surface area contributed by atoms with E-state index in [0.29, 0.717) is 18.8 Å². The van der Waals surface area contributed by atoms with Gasteiger partial charge in [-0.05, 0) is 19.9 Å². The minimum Gasteiger partial charge on any atom is -0.394 e. The van der Waals surface area contributed by atoms with Crippen LogP contribution in [0.4, 0.5) is 11.4 Å². The van der Waals surface area contributed by atoms with Crippen molar-refractivity contribution in [3.63, 3.8) is 0 Å². The molecular formula is C11H20N3O2S+. The topological polar surface area (TPSA) is 72.2 Å². The van der Waals surface area contributed by atoms with Crippen molar-refractivity contribution in [2.24, 2.45) is 0 Å². The third-order valence-electron chi connectivity index (χ3n) is 2.82. The average Bonchev–Trinajstić information content (AvgIpc) is 2.25. The van der Waals surface area contributed by atoms with E-state index in [1.54, 1.807) is 6.07 Å². The smallest absolute Gasteiger partial charge is 0.250 e. The Morgan fingerprint density at radius 3 is 2.18 bits per heavy atom.